The molecule has 0 saturated heterocycles. The highest BCUT2D eigenvalue weighted by Crippen LogP contribution is 2.33. The third-order valence-electron chi connectivity index (χ3n) is 3.25. The average Bonchev–Trinajstić information content (AvgIpc) is 2.49. The number of aliphatic hydroxyl groups excluding tert-OH is 1. The van der Waals surface area contributed by atoms with Crippen molar-refractivity contribution < 1.29 is 9.50 Å². The summed E-state index contributed by atoms with van der Waals surface area (Å²) in [6, 6.07) is 13.5. The summed E-state index contributed by atoms with van der Waals surface area (Å²) in [7, 11) is 0. The standard InChI is InChI=1S/C16H11ClFNO/c17-15-12(5-1-7-13(15)18)16(20)11-4-2-8-14-10(11)6-3-9-19-14/h1-9,16,20H. The molecule has 0 amide bonds. The fraction of sp³-hybridized carbons (Fsp3) is 0.0625. The number of aromatic nitrogens is 1. The monoisotopic (exact) mass is 287 g/mol. The Balaban J connectivity index is 2.18. The molecule has 0 fully saturated rings. The van der Waals surface area contributed by atoms with E-state index < -0.39 is 11.9 Å². The maximum absolute atomic E-state index is 13.5. The van der Waals surface area contributed by atoms with Crippen molar-refractivity contribution >= 4 is 22.5 Å². The van der Waals surface area contributed by atoms with Gasteiger partial charge in [-0.25, -0.2) is 4.39 Å². The van der Waals surface area contributed by atoms with Crippen LogP contribution in [-0.2, 0) is 0 Å². The molecular formula is C16H11ClFNO. The molecule has 4 heteroatoms. The van der Waals surface area contributed by atoms with Crippen molar-refractivity contribution in [2.24, 2.45) is 0 Å². The lowest BCUT2D eigenvalue weighted by atomic mass is 9.97. The minimum absolute atomic E-state index is 0.0547. The van der Waals surface area contributed by atoms with Crippen molar-refractivity contribution in [1.82, 2.24) is 4.98 Å². The molecule has 0 aliphatic rings. The molecule has 1 aromatic heterocycles. The first-order valence-electron chi connectivity index (χ1n) is 6.14. The van der Waals surface area contributed by atoms with Crippen LogP contribution in [0.25, 0.3) is 10.9 Å². The Hall–Kier alpha value is -1.97. The molecule has 1 unspecified atom stereocenters. The zero-order valence-electron chi connectivity index (χ0n) is 10.4. The van der Waals surface area contributed by atoms with Crippen molar-refractivity contribution in [3.63, 3.8) is 0 Å². The molecule has 3 rings (SSSR count). The molecule has 100 valence electrons. The number of hydrogen-bond acceptors (Lipinski definition) is 2. The molecule has 0 saturated carbocycles. The third kappa shape index (κ3) is 2.15. The molecule has 0 aliphatic carbocycles. The van der Waals surface area contributed by atoms with E-state index in [1.165, 1.54) is 12.1 Å². The molecule has 20 heavy (non-hydrogen) atoms. The Morgan fingerprint density at radius 1 is 1.00 bits per heavy atom. The second-order valence-corrected chi connectivity index (χ2v) is 4.84. The summed E-state index contributed by atoms with van der Waals surface area (Å²) in [5.41, 5.74) is 1.78. The first kappa shape index (κ1) is 13.0. The van der Waals surface area contributed by atoms with Gasteiger partial charge < -0.3 is 5.11 Å². The van der Waals surface area contributed by atoms with Crippen LogP contribution < -0.4 is 0 Å². The van der Waals surface area contributed by atoms with Gasteiger partial charge in [0.2, 0.25) is 0 Å². The molecule has 2 nitrogen and oxygen atoms in total. The third-order valence-corrected chi connectivity index (χ3v) is 3.65. The number of fused-ring (bicyclic) bond motifs is 1. The lowest BCUT2D eigenvalue weighted by molar-refractivity contribution is 0.221. The predicted octanol–water partition coefficient (Wildman–Crippen LogP) is 4.11. The second kappa shape index (κ2) is 5.19. The number of halogens is 2. The Bertz CT molecular complexity index is 770. The van der Waals surface area contributed by atoms with E-state index in [9.17, 15) is 9.50 Å². The van der Waals surface area contributed by atoms with Crippen LogP contribution in [0.5, 0.6) is 0 Å². The smallest absolute Gasteiger partial charge is 0.142 e. The van der Waals surface area contributed by atoms with E-state index in [1.54, 1.807) is 30.5 Å². The van der Waals surface area contributed by atoms with Crippen molar-refractivity contribution in [2.45, 2.75) is 6.10 Å². The molecule has 2 aromatic carbocycles. The SMILES string of the molecule is OC(c1cccc(F)c1Cl)c1cccc2ncccc12. The first-order valence-corrected chi connectivity index (χ1v) is 6.52. The Morgan fingerprint density at radius 2 is 1.75 bits per heavy atom. The highest BCUT2D eigenvalue weighted by molar-refractivity contribution is 6.31. The van der Waals surface area contributed by atoms with E-state index in [4.69, 9.17) is 11.6 Å². The van der Waals surface area contributed by atoms with Crippen LogP contribution in [0.3, 0.4) is 0 Å². The lowest BCUT2D eigenvalue weighted by Gasteiger charge is -2.15. The Morgan fingerprint density at radius 3 is 2.60 bits per heavy atom. The van der Waals surface area contributed by atoms with Crippen LogP contribution >= 0.6 is 11.6 Å². The Labute approximate surface area is 120 Å². The van der Waals surface area contributed by atoms with Crippen LogP contribution in [0.4, 0.5) is 4.39 Å². The van der Waals surface area contributed by atoms with E-state index in [2.05, 4.69) is 4.98 Å². The molecule has 1 atom stereocenters. The Kier molecular flexibility index (Phi) is 3.38. The minimum atomic E-state index is -0.994. The highest BCUT2D eigenvalue weighted by atomic mass is 35.5. The largest absolute Gasteiger partial charge is 0.384 e. The van der Waals surface area contributed by atoms with Crippen molar-refractivity contribution in [3.8, 4) is 0 Å². The van der Waals surface area contributed by atoms with Crippen molar-refractivity contribution in [2.75, 3.05) is 0 Å². The predicted molar refractivity (Wildman–Crippen MR) is 77.2 cm³/mol. The van der Waals surface area contributed by atoms with E-state index >= 15 is 0 Å². The van der Waals surface area contributed by atoms with Crippen LogP contribution in [0.2, 0.25) is 5.02 Å². The normalized spacial score (nSPS) is 12.6. The van der Waals surface area contributed by atoms with Gasteiger partial charge in [-0.2, -0.15) is 0 Å². The van der Waals surface area contributed by atoms with Crippen molar-refractivity contribution in [3.05, 3.63) is 76.7 Å². The van der Waals surface area contributed by atoms with Gasteiger partial charge in [0, 0.05) is 17.1 Å². The maximum Gasteiger partial charge on any atom is 0.142 e. The van der Waals surface area contributed by atoms with E-state index in [0.29, 0.717) is 11.1 Å². The number of rotatable bonds is 2. The number of nitrogens with zero attached hydrogens (tertiary/aromatic N) is 1. The average molecular weight is 288 g/mol. The van der Waals surface area contributed by atoms with Gasteiger partial charge in [0.15, 0.2) is 0 Å². The molecule has 0 aliphatic heterocycles. The number of aliphatic hydroxyl groups is 1. The fourth-order valence-corrected chi connectivity index (χ4v) is 2.49. The maximum atomic E-state index is 13.5. The summed E-state index contributed by atoms with van der Waals surface area (Å²) in [6.07, 6.45) is 0.694. The van der Waals surface area contributed by atoms with Crippen LogP contribution in [0.15, 0.2) is 54.7 Å². The highest BCUT2D eigenvalue weighted by Gasteiger charge is 2.18. The molecule has 0 radical (unpaired) electrons. The van der Waals surface area contributed by atoms with Crippen LogP contribution in [0, 0.1) is 5.82 Å². The van der Waals surface area contributed by atoms with E-state index in [1.807, 2.05) is 12.1 Å². The topological polar surface area (TPSA) is 33.1 Å². The fourth-order valence-electron chi connectivity index (χ4n) is 2.26. The van der Waals surface area contributed by atoms with Crippen molar-refractivity contribution in [1.29, 1.82) is 0 Å². The summed E-state index contributed by atoms with van der Waals surface area (Å²) in [6.45, 7) is 0. The molecular weight excluding hydrogens is 277 g/mol. The summed E-state index contributed by atoms with van der Waals surface area (Å²) in [5, 5.41) is 11.3. The first-order chi connectivity index (χ1) is 9.68. The molecule has 1 N–H and O–H groups in total. The van der Waals surface area contributed by atoms with Gasteiger partial charge in [0.25, 0.3) is 0 Å². The molecule has 0 bridgehead atoms. The number of hydrogen-bond donors (Lipinski definition) is 1. The summed E-state index contributed by atoms with van der Waals surface area (Å²) >= 11 is 5.94. The minimum Gasteiger partial charge on any atom is -0.384 e. The van der Waals surface area contributed by atoms with Crippen LogP contribution in [0.1, 0.15) is 17.2 Å². The molecule has 3 aromatic rings. The summed E-state index contributed by atoms with van der Waals surface area (Å²) in [5.74, 6) is -0.540. The number of pyridine rings is 1. The molecule has 1 heterocycles. The van der Waals surface area contributed by atoms with Gasteiger partial charge in [0.1, 0.15) is 11.9 Å². The number of benzene rings is 2. The van der Waals surface area contributed by atoms with Crippen LogP contribution in [-0.4, -0.2) is 10.1 Å². The van der Waals surface area contributed by atoms with Gasteiger partial charge in [-0.05, 0) is 23.8 Å². The summed E-state index contributed by atoms with van der Waals surface area (Å²) in [4.78, 5) is 4.24. The summed E-state index contributed by atoms with van der Waals surface area (Å²) < 4.78 is 13.5. The zero-order chi connectivity index (χ0) is 14.1. The zero-order valence-corrected chi connectivity index (χ0v) is 11.2. The van der Waals surface area contributed by atoms with Gasteiger partial charge >= 0.3 is 0 Å². The quantitative estimate of drug-likeness (QED) is 0.769. The van der Waals surface area contributed by atoms with Gasteiger partial charge in [-0.1, -0.05) is 41.9 Å². The van der Waals surface area contributed by atoms with Gasteiger partial charge in [-0.3, -0.25) is 4.98 Å². The lowest BCUT2D eigenvalue weighted by Crippen LogP contribution is -2.02. The van der Waals surface area contributed by atoms with E-state index in [0.717, 1.165) is 10.9 Å². The second-order valence-electron chi connectivity index (χ2n) is 4.46. The van der Waals surface area contributed by atoms with E-state index in [-0.39, 0.29) is 5.02 Å². The van der Waals surface area contributed by atoms with Gasteiger partial charge in [-0.15, -0.1) is 0 Å². The van der Waals surface area contributed by atoms with Gasteiger partial charge in [0.05, 0.1) is 10.5 Å². The molecule has 0 spiro atoms.